The van der Waals surface area contributed by atoms with Crippen molar-refractivity contribution in [3.63, 3.8) is 0 Å². The van der Waals surface area contributed by atoms with Crippen LogP contribution in [0.3, 0.4) is 0 Å². The molecule has 0 aliphatic heterocycles. The molecule has 1 radical (unpaired) electrons. The predicted molar refractivity (Wildman–Crippen MR) is 77.6 cm³/mol. The van der Waals surface area contributed by atoms with Gasteiger partial charge in [-0.25, -0.2) is 0 Å². The Balaban J connectivity index is 1.77. The maximum Gasteiger partial charge on any atom is 0.0346 e. The Morgan fingerprint density at radius 1 is 1.21 bits per heavy atom. The van der Waals surface area contributed by atoms with Crippen molar-refractivity contribution in [1.29, 1.82) is 0 Å². The third-order valence-electron chi connectivity index (χ3n) is 3.84. The van der Waals surface area contributed by atoms with E-state index in [-0.39, 0.29) is 0 Å². The zero-order valence-corrected chi connectivity index (χ0v) is 11.1. The maximum absolute atomic E-state index is 4.21. The van der Waals surface area contributed by atoms with Gasteiger partial charge in [-0.05, 0) is 36.1 Å². The first-order chi connectivity index (χ1) is 9.43. The van der Waals surface area contributed by atoms with Crippen LogP contribution in [0, 0.1) is 6.07 Å². The van der Waals surface area contributed by atoms with Crippen molar-refractivity contribution in [2.24, 2.45) is 0 Å². The summed E-state index contributed by atoms with van der Waals surface area (Å²) in [7, 11) is 0. The molecule has 2 aromatic rings. The van der Waals surface area contributed by atoms with Gasteiger partial charge in [-0.3, -0.25) is 4.98 Å². The molecule has 1 saturated carbocycles. The number of aromatic nitrogens is 1. The van der Waals surface area contributed by atoms with Crippen LogP contribution in [0.25, 0.3) is 11.1 Å². The summed E-state index contributed by atoms with van der Waals surface area (Å²) in [4.78, 5) is 4.21. The van der Waals surface area contributed by atoms with Gasteiger partial charge < -0.3 is 5.32 Å². The van der Waals surface area contributed by atoms with E-state index < -0.39 is 0 Å². The highest BCUT2D eigenvalue weighted by Crippen LogP contribution is 2.23. The summed E-state index contributed by atoms with van der Waals surface area (Å²) in [6.07, 6.45) is 9.09. The van der Waals surface area contributed by atoms with Crippen molar-refractivity contribution >= 4 is 0 Å². The second kappa shape index (κ2) is 5.98. The first-order valence-corrected chi connectivity index (χ1v) is 7.07. The van der Waals surface area contributed by atoms with E-state index in [9.17, 15) is 0 Å². The largest absolute Gasteiger partial charge is 0.310 e. The zero-order chi connectivity index (χ0) is 12.9. The number of pyridine rings is 1. The molecule has 0 unspecified atom stereocenters. The highest BCUT2D eigenvalue weighted by molar-refractivity contribution is 5.66. The molecule has 3 rings (SSSR count). The van der Waals surface area contributed by atoms with E-state index in [0.717, 1.165) is 6.54 Å². The average Bonchev–Trinajstić information content (AvgIpc) is 3.00. The van der Waals surface area contributed by atoms with Gasteiger partial charge in [0.2, 0.25) is 0 Å². The molecule has 1 aliphatic carbocycles. The molecule has 2 nitrogen and oxygen atoms in total. The van der Waals surface area contributed by atoms with Gasteiger partial charge in [0.1, 0.15) is 0 Å². The molecule has 97 valence electrons. The third kappa shape index (κ3) is 3.02. The Kier molecular flexibility index (Phi) is 3.89. The number of nitrogens with zero attached hydrogens (tertiary/aromatic N) is 1. The molecule has 1 fully saturated rings. The SMILES string of the molecule is [c]1cccc(-c2cccnc2)c1CNC1CCCC1. The van der Waals surface area contributed by atoms with E-state index in [2.05, 4.69) is 28.5 Å². The molecular formula is C17H19N2. The summed E-state index contributed by atoms with van der Waals surface area (Å²) in [5.74, 6) is 0. The van der Waals surface area contributed by atoms with Crippen LogP contribution in [0.4, 0.5) is 0 Å². The van der Waals surface area contributed by atoms with Crippen LogP contribution >= 0.6 is 0 Å². The van der Waals surface area contributed by atoms with Crippen molar-refractivity contribution in [2.75, 3.05) is 0 Å². The van der Waals surface area contributed by atoms with E-state index in [4.69, 9.17) is 0 Å². The van der Waals surface area contributed by atoms with Crippen molar-refractivity contribution in [2.45, 2.75) is 38.3 Å². The smallest absolute Gasteiger partial charge is 0.0346 e. The van der Waals surface area contributed by atoms with Gasteiger partial charge in [0.15, 0.2) is 0 Å². The van der Waals surface area contributed by atoms with Gasteiger partial charge in [-0.2, -0.15) is 0 Å². The zero-order valence-electron chi connectivity index (χ0n) is 11.1. The minimum atomic E-state index is 0.690. The lowest BCUT2D eigenvalue weighted by Crippen LogP contribution is -2.25. The van der Waals surface area contributed by atoms with Crippen LogP contribution in [0.5, 0.6) is 0 Å². The van der Waals surface area contributed by atoms with Gasteiger partial charge in [0.05, 0.1) is 0 Å². The van der Waals surface area contributed by atoms with E-state index in [1.165, 1.54) is 42.4 Å². The molecular weight excluding hydrogens is 232 g/mol. The number of hydrogen-bond donors (Lipinski definition) is 1. The van der Waals surface area contributed by atoms with Crippen LogP contribution in [0.1, 0.15) is 31.2 Å². The molecule has 1 heterocycles. The van der Waals surface area contributed by atoms with Crippen LogP contribution in [0.15, 0.2) is 42.7 Å². The fraction of sp³-hybridized carbons (Fsp3) is 0.353. The second-order valence-corrected chi connectivity index (χ2v) is 5.17. The molecule has 0 atom stereocenters. The maximum atomic E-state index is 4.21. The Bertz CT molecular complexity index is 516. The van der Waals surface area contributed by atoms with E-state index in [0.29, 0.717) is 6.04 Å². The first-order valence-electron chi connectivity index (χ1n) is 7.07. The van der Waals surface area contributed by atoms with Crippen LogP contribution < -0.4 is 5.32 Å². The molecule has 0 spiro atoms. The van der Waals surface area contributed by atoms with Gasteiger partial charge >= 0.3 is 0 Å². The van der Waals surface area contributed by atoms with Crippen molar-refractivity contribution in [1.82, 2.24) is 10.3 Å². The van der Waals surface area contributed by atoms with Gasteiger partial charge in [0, 0.05) is 30.5 Å². The van der Waals surface area contributed by atoms with E-state index in [1.54, 1.807) is 0 Å². The quantitative estimate of drug-likeness (QED) is 0.898. The predicted octanol–water partition coefficient (Wildman–Crippen LogP) is 3.58. The van der Waals surface area contributed by atoms with Crippen molar-refractivity contribution in [3.05, 3.63) is 54.4 Å². The molecule has 0 amide bonds. The molecule has 0 bridgehead atoms. The standard InChI is InChI=1S/C17H19N2/c1-4-10-17(14-7-5-11-18-12-14)15(6-1)13-19-16-8-2-3-9-16/h1,4-5,7,10-12,16,19H,2-3,8-9,13H2. The summed E-state index contributed by atoms with van der Waals surface area (Å²) in [6, 6.07) is 14.3. The molecule has 1 aromatic carbocycles. The fourth-order valence-electron chi connectivity index (χ4n) is 2.79. The third-order valence-corrected chi connectivity index (χ3v) is 3.84. The van der Waals surface area contributed by atoms with E-state index in [1.807, 2.05) is 30.6 Å². The second-order valence-electron chi connectivity index (χ2n) is 5.17. The average molecular weight is 251 g/mol. The van der Waals surface area contributed by atoms with Crippen molar-refractivity contribution < 1.29 is 0 Å². The normalized spacial score (nSPS) is 15.8. The summed E-state index contributed by atoms with van der Waals surface area (Å²) < 4.78 is 0. The Morgan fingerprint density at radius 2 is 2.11 bits per heavy atom. The summed E-state index contributed by atoms with van der Waals surface area (Å²) in [6.45, 7) is 0.899. The lowest BCUT2D eigenvalue weighted by molar-refractivity contribution is 0.524. The van der Waals surface area contributed by atoms with Crippen LogP contribution in [0.2, 0.25) is 0 Å². The van der Waals surface area contributed by atoms with E-state index >= 15 is 0 Å². The molecule has 0 saturated heterocycles. The summed E-state index contributed by atoms with van der Waals surface area (Å²) in [5, 5.41) is 3.66. The minimum absolute atomic E-state index is 0.690. The lowest BCUT2D eigenvalue weighted by atomic mass is 10.0. The first kappa shape index (κ1) is 12.4. The Labute approximate surface area is 114 Å². The molecule has 1 aliphatic rings. The number of hydrogen-bond acceptors (Lipinski definition) is 2. The molecule has 1 aromatic heterocycles. The minimum Gasteiger partial charge on any atom is -0.310 e. The molecule has 2 heteroatoms. The highest BCUT2D eigenvalue weighted by Gasteiger charge is 2.14. The number of nitrogens with one attached hydrogen (secondary N) is 1. The molecule has 1 N–H and O–H groups in total. The van der Waals surface area contributed by atoms with Crippen LogP contribution in [-0.2, 0) is 6.54 Å². The number of benzene rings is 1. The van der Waals surface area contributed by atoms with Gasteiger partial charge in [-0.1, -0.05) is 37.1 Å². The molecule has 19 heavy (non-hydrogen) atoms. The highest BCUT2D eigenvalue weighted by atomic mass is 14.9. The topological polar surface area (TPSA) is 24.9 Å². The fourth-order valence-corrected chi connectivity index (χ4v) is 2.79. The van der Waals surface area contributed by atoms with Crippen molar-refractivity contribution in [3.8, 4) is 11.1 Å². The van der Waals surface area contributed by atoms with Gasteiger partial charge in [-0.15, -0.1) is 0 Å². The Hall–Kier alpha value is -1.67. The van der Waals surface area contributed by atoms with Crippen LogP contribution in [-0.4, -0.2) is 11.0 Å². The van der Waals surface area contributed by atoms with Gasteiger partial charge in [0.25, 0.3) is 0 Å². The monoisotopic (exact) mass is 251 g/mol. The summed E-state index contributed by atoms with van der Waals surface area (Å²) in [5.41, 5.74) is 3.64. The Morgan fingerprint density at radius 3 is 2.89 bits per heavy atom. The lowest BCUT2D eigenvalue weighted by Gasteiger charge is -2.14. The number of rotatable bonds is 4. The summed E-state index contributed by atoms with van der Waals surface area (Å²) >= 11 is 0.